The topological polar surface area (TPSA) is 79.3 Å². The smallest absolute Gasteiger partial charge is 0.307 e. The third-order valence-electron chi connectivity index (χ3n) is 5.45. The van der Waals surface area contributed by atoms with Crippen molar-refractivity contribution < 1.29 is 14.7 Å². The zero-order valence-electron chi connectivity index (χ0n) is 13.6. The highest BCUT2D eigenvalue weighted by atomic mass is 35.5. The number of aliphatic carboxylic acids is 1. The number of carbonyl (C=O) groups is 2. The van der Waals surface area contributed by atoms with E-state index in [0.29, 0.717) is 20.9 Å². The highest BCUT2D eigenvalue weighted by Gasteiger charge is 2.54. The van der Waals surface area contributed by atoms with Gasteiger partial charge in [0.05, 0.1) is 27.6 Å². The number of hydrogen-bond acceptors (Lipinski definition) is 4. The Balaban J connectivity index is 1.51. The number of thiazole rings is 1. The molecule has 0 saturated heterocycles. The van der Waals surface area contributed by atoms with Crippen molar-refractivity contribution in [1.29, 1.82) is 0 Å². The molecule has 0 spiro atoms. The van der Waals surface area contributed by atoms with Crippen LogP contribution in [-0.4, -0.2) is 22.0 Å². The molecule has 0 radical (unpaired) electrons. The summed E-state index contributed by atoms with van der Waals surface area (Å²) in [6, 6.07) is 5.23. The number of nitrogens with one attached hydrogen (secondary N) is 1. The molecule has 2 fully saturated rings. The van der Waals surface area contributed by atoms with Crippen LogP contribution in [0.3, 0.4) is 0 Å². The molecule has 0 unspecified atom stereocenters. The maximum Gasteiger partial charge on any atom is 0.307 e. The lowest BCUT2D eigenvalue weighted by Gasteiger charge is -2.26. The average molecular weight is 411 g/mol. The number of carboxylic acid groups (broad SMARTS) is 1. The highest BCUT2D eigenvalue weighted by Crippen LogP contribution is 2.52. The number of rotatable bonds is 4. The van der Waals surface area contributed by atoms with Crippen molar-refractivity contribution >= 4 is 51.5 Å². The van der Waals surface area contributed by atoms with Crippen LogP contribution in [0, 0.1) is 23.7 Å². The van der Waals surface area contributed by atoms with Gasteiger partial charge in [0, 0.05) is 10.9 Å². The predicted molar refractivity (Wildman–Crippen MR) is 102 cm³/mol. The van der Waals surface area contributed by atoms with Gasteiger partial charge in [-0.05, 0) is 43.2 Å². The SMILES string of the molecule is O=C(O)[C@H]1[C@@H]2CC[C@@H](C2)[C@@H]1C(=O)Nc1nc(-c2ccc(Cl)c(Cl)c2)cs1. The summed E-state index contributed by atoms with van der Waals surface area (Å²) in [4.78, 5) is 28.7. The minimum absolute atomic E-state index is 0.122. The van der Waals surface area contributed by atoms with Gasteiger partial charge in [-0.15, -0.1) is 11.3 Å². The molecule has 4 rings (SSSR count). The summed E-state index contributed by atoms with van der Waals surface area (Å²) < 4.78 is 0. The number of carboxylic acids is 1. The van der Waals surface area contributed by atoms with Gasteiger partial charge in [-0.1, -0.05) is 29.3 Å². The van der Waals surface area contributed by atoms with Crippen molar-refractivity contribution in [1.82, 2.24) is 4.98 Å². The highest BCUT2D eigenvalue weighted by molar-refractivity contribution is 7.14. The zero-order valence-corrected chi connectivity index (χ0v) is 15.9. The molecule has 1 aromatic carbocycles. The second-order valence-electron chi connectivity index (χ2n) is 6.88. The molecule has 0 aliphatic heterocycles. The van der Waals surface area contributed by atoms with Crippen molar-refractivity contribution in [2.75, 3.05) is 5.32 Å². The molecule has 4 atom stereocenters. The number of halogens is 2. The molecule has 1 heterocycles. The lowest BCUT2D eigenvalue weighted by atomic mass is 9.79. The summed E-state index contributed by atoms with van der Waals surface area (Å²) in [5, 5.41) is 15.5. The molecular weight excluding hydrogens is 395 g/mol. The van der Waals surface area contributed by atoms with Gasteiger partial charge in [-0.3, -0.25) is 9.59 Å². The van der Waals surface area contributed by atoms with Gasteiger partial charge in [0.1, 0.15) is 0 Å². The largest absolute Gasteiger partial charge is 0.481 e. The Morgan fingerprint density at radius 2 is 1.88 bits per heavy atom. The molecule has 1 amide bonds. The van der Waals surface area contributed by atoms with Crippen LogP contribution in [0.25, 0.3) is 11.3 Å². The number of fused-ring (bicyclic) bond motifs is 2. The minimum atomic E-state index is -0.868. The first-order valence-corrected chi connectivity index (χ1v) is 10.0. The first kappa shape index (κ1) is 17.8. The Bertz CT molecular complexity index is 885. The number of aromatic nitrogens is 1. The van der Waals surface area contributed by atoms with Crippen molar-refractivity contribution in [2.45, 2.75) is 19.3 Å². The zero-order chi connectivity index (χ0) is 18.4. The molecule has 2 bridgehead atoms. The number of nitrogens with zero attached hydrogens (tertiary/aromatic N) is 1. The summed E-state index contributed by atoms with van der Waals surface area (Å²) in [7, 11) is 0. The Kier molecular flexibility index (Phi) is 4.67. The number of benzene rings is 1. The third-order valence-corrected chi connectivity index (χ3v) is 6.95. The van der Waals surface area contributed by atoms with Crippen LogP contribution in [-0.2, 0) is 9.59 Å². The molecule has 5 nitrogen and oxygen atoms in total. The molecule has 2 saturated carbocycles. The summed E-state index contributed by atoms with van der Waals surface area (Å²) >= 11 is 13.3. The third kappa shape index (κ3) is 3.10. The molecule has 26 heavy (non-hydrogen) atoms. The second kappa shape index (κ2) is 6.83. The van der Waals surface area contributed by atoms with E-state index in [0.717, 1.165) is 24.8 Å². The van der Waals surface area contributed by atoms with Crippen molar-refractivity contribution in [2.24, 2.45) is 23.7 Å². The van der Waals surface area contributed by atoms with Gasteiger partial charge in [-0.2, -0.15) is 0 Å². The summed E-state index contributed by atoms with van der Waals surface area (Å²) in [5.41, 5.74) is 1.49. The van der Waals surface area contributed by atoms with Crippen LogP contribution in [0.2, 0.25) is 10.0 Å². The fourth-order valence-corrected chi connectivity index (χ4v) is 5.35. The van der Waals surface area contributed by atoms with E-state index in [-0.39, 0.29) is 17.7 Å². The van der Waals surface area contributed by atoms with Gasteiger partial charge in [0.15, 0.2) is 5.13 Å². The lowest BCUT2D eigenvalue weighted by Crippen LogP contribution is -2.37. The van der Waals surface area contributed by atoms with Gasteiger partial charge < -0.3 is 10.4 Å². The Morgan fingerprint density at radius 1 is 1.15 bits per heavy atom. The summed E-state index contributed by atoms with van der Waals surface area (Å²) in [6.45, 7) is 0. The van der Waals surface area contributed by atoms with E-state index in [2.05, 4.69) is 10.3 Å². The molecule has 2 aliphatic carbocycles. The second-order valence-corrected chi connectivity index (χ2v) is 8.55. The van der Waals surface area contributed by atoms with Crippen LogP contribution in [0.15, 0.2) is 23.6 Å². The minimum Gasteiger partial charge on any atom is -0.481 e. The normalized spacial score (nSPS) is 26.8. The lowest BCUT2D eigenvalue weighted by molar-refractivity contribution is -0.148. The fourth-order valence-electron chi connectivity index (χ4n) is 4.33. The first-order valence-electron chi connectivity index (χ1n) is 8.38. The summed E-state index contributed by atoms with van der Waals surface area (Å²) in [6.07, 6.45) is 2.67. The van der Waals surface area contributed by atoms with Crippen LogP contribution < -0.4 is 5.32 Å². The number of amides is 1. The molecule has 1 aromatic heterocycles. The van der Waals surface area contributed by atoms with Crippen LogP contribution >= 0.6 is 34.5 Å². The van der Waals surface area contributed by atoms with E-state index in [1.807, 2.05) is 11.4 Å². The Labute approximate surface area is 164 Å². The molecule has 8 heteroatoms. The standard InChI is InChI=1S/C18H16Cl2N2O3S/c19-11-4-3-8(6-12(11)20)13-7-26-18(21-13)22-16(23)14-9-1-2-10(5-9)15(14)17(24)25/h3-4,6-7,9-10,14-15H,1-2,5H2,(H,24,25)(H,21,22,23)/t9-,10+,14-,15-/m0/s1. The summed E-state index contributed by atoms with van der Waals surface area (Å²) in [5.74, 6) is -1.87. The van der Waals surface area contributed by atoms with E-state index in [1.165, 1.54) is 11.3 Å². The molecule has 2 aromatic rings. The first-order chi connectivity index (χ1) is 12.4. The van der Waals surface area contributed by atoms with Crippen LogP contribution in [0.1, 0.15) is 19.3 Å². The van der Waals surface area contributed by atoms with Crippen molar-refractivity contribution in [3.8, 4) is 11.3 Å². The molecule has 2 aliphatic rings. The van der Waals surface area contributed by atoms with Crippen LogP contribution in [0.4, 0.5) is 5.13 Å². The van der Waals surface area contributed by atoms with Crippen molar-refractivity contribution in [3.05, 3.63) is 33.6 Å². The molecule has 136 valence electrons. The number of carbonyl (C=O) groups excluding carboxylic acids is 1. The maximum absolute atomic E-state index is 12.7. The van der Waals surface area contributed by atoms with E-state index < -0.39 is 17.8 Å². The Morgan fingerprint density at radius 3 is 2.58 bits per heavy atom. The Hall–Kier alpha value is -1.63. The van der Waals surface area contributed by atoms with Crippen LogP contribution in [0.5, 0.6) is 0 Å². The van der Waals surface area contributed by atoms with Crippen molar-refractivity contribution in [3.63, 3.8) is 0 Å². The van der Waals surface area contributed by atoms with Gasteiger partial charge in [0.25, 0.3) is 0 Å². The van der Waals surface area contributed by atoms with Gasteiger partial charge in [-0.25, -0.2) is 4.98 Å². The molecular formula is C18H16Cl2N2O3S. The fraction of sp³-hybridized carbons (Fsp3) is 0.389. The quantitative estimate of drug-likeness (QED) is 0.758. The number of anilines is 1. The van der Waals surface area contributed by atoms with Gasteiger partial charge >= 0.3 is 5.97 Å². The van der Waals surface area contributed by atoms with E-state index in [9.17, 15) is 14.7 Å². The number of hydrogen-bond donors (Lipinski definition) is 2. The van der Waals surface area contributed by atoms with E-state index in [4.69, 9.17) is 23.2 Å². The monoisotopic (exact) mass is 410 g/mol. The maximum atomic E-state index is 12.7. The predicted octanol–water partition coefficient (Wildman–Crippen LogP) is 4.80. The van der Waals surface area contributed by atoms with E-state index >= 15 is 0 Å². The molecule has 2 N–H and O–H groups in total. The average Bonchev–Trinajstić information content (AvgIpc) is 3.32. The van der Waals surface area contributed by atoms with E-state index in [1.54, 1.807) is 12.1 Å². The van der Waals surface area contributed by atoms with Gasteiger partial charge in [0.2, 0.25) is 5.91 Å².